The van der Waals surface area contributed by atoms with Gasteiger partial charge < -0.3 is 10.2 Å². The molecule has 0 saturated heterocycles. The van der Waals surface area contributed by atoms with Crippen LogP contribution in [-0.4, -0.2) is 35.1 Å². The lowest BCUT2D eigenvalue weighted by Crippen LogP contribution is -2.51. The summed E-state index contributed by atoms with van der Waals surface area (Å²) in [6.07, 6.45) is 2.28. The fourth-order valence-corrected chi connectivity index (χ4v) is 5.12. The molecule has 3 rings (SSSR count). The van der Waals surface area contributed by atoms with E-state index in [1.54, 1.807) is 23.1 Å². The van der Waals surface area contributed by atoms with Crippen LogP contribution >= 0.6 is 46.6 Å². The summed E-state index contributed by atoms with van der Waals surface area (Å²) in [5, 5.41) is 4.65. The molecule has 0 aliphatic heterocycles. The number of carbonyl (C=O) groups excluding carboxylic acids is 2. The lowest BCUT2D eigenvalue weighted by atomic mass is 10.0. The van der Waals surface area contributed by atoms with Gasteiger partial charge in [0.05, 0.1) is 15.8 Å². The lowest BCUT2D eigenvalue weighted by molar-refractivity contribution is -0.139. The first kappa shape index (κ1) is 29.4. The average Bonchev–Trinajstić information content (AvgIpc) is 2.90. The van der Waals surface area contributed by atoms with Crippen LogP contribution in [0.3, 0.4) is 0 Å². The number of amides is 2. The van der Waals surface area contributed by atoms with Crippen molar-refractivity contribution >= 4 is 58.4 Å². The van der Waals surface area contributed by atoms with Gasteiger partial charge in [0, 0.05) is 30.3 Å². The number of hydrogen-bond donors (Lipinski definition) is 1. The van der Waals surface area contributed by atoms with Crippen molar-refractivity contribution in [2.75, 3.05) is 12.3 Å². The molecule has 1 N–H and O–H groups in total. The van der Waals surface area contributed by atoms with Crippen molar-refractivity contribution in [1.82, 2.24) is 10.2 Å². The Bertz CT molecular complexity index is 1160. The standard InChI is InChI=1S/C29H31Cl3N2O2S/c1-2-3-15-33-29(36)27(17-21-7-5-4-6-8-21)34(18-22-9-12-24(30)13-10-22)28(35)20-37-19-23-11-14-25(31)26(32)16-23/h4-14,16,27H,2-3,15,17-20H2,1H3,(H,33,36)/t27-/m1/s1. The third kappa shape index (κ3) is 9.57. The van der Waals surface area contributed by atoms with E-state index < -0.39 is 6.04 Å². The summed E-state index contributed by atoms with van der Waals surface area (Å²) >= 11 is 19.7. The first-order valence-corrected chi connectivity index (χ1v) is 14.5. The summed E-state index contributed by atoms with van der Waals surface area (Å²) in [6.45, 7) is 2.97. The smallest absolute Gasteiger partial charge is 0.243 e. The molecule has 1 atom stereocenters. The van der Waals surface area contributed by atoms with Gasteiger partial charge in [-0.25, -0.2) is 0 Å². The van der Waals surface area contributed by atoms with Crippen LogP contribution in [0.2, 0.25) is 15.1 Å². The number of nitrogens with zero attached hydrogens (tertiary/aromatic N) is 1. The van der Waals surface area contributed by atoms with Crippen molar-refractivity contribution in [2.45, 2.75) is 44.5 Å². The molecule has 4 nitrogen and oxygen atoms in total. The van der Waals surface area contributed by atoms with Crippen molar-refractivity contribution in [1.29, 1.82) is 0 Å². The minimum Gasteiger partial charge on any atom is -0.354 e. The molecule has 3 aromatic carbocycles. The van der Waals surface area contributed by atoms with E-state index >= 15 is 0 Å². The van der Waals surface area contributed by atoms with Crippen LogP contribution in [0.25, 0.3) is 0 Å². The topological polar surface area (TPSA) is 49.4 Å². The molecule has 0 unspecified atom stereocenters. The van der Waals surface area contributed by atoms with Gasteiger partial charge in [-0.05, 0) is 47.4 Å². The maximum atomic E-state index is 13.6. The van der Waals surface area contributed by atoms with Gasteiger partial charge >= 0.3 is 0 Å². The van der Waals surface area contributed by atoms with Gasteiger partial charge in [-0.1, -0.05) is 96.7 Å². The Morgan fingerprint density at radius 2 is 1.59 bits per heavy atom. The molecule has 0 fully saturated rings. The monoisotopic (exact) mass is 576 g/mol. The van der Waals surface area contributed by atoms with Crippen molar-refractivity contribution in [3.8, 4) is 0 Å². The normalized spacial score (nSPS) is 11.7. The van der Waals surface area contributed by atoms with Crippen LogP contribution in [0.4, 0.5) is 0 Å². The molecule has 3 aromatic rings. The Labute approximate surface area is 238 Å². The van der Waals surface area contributed by atoms with E-state index in [0.29, 0.717) is 40.3 Å². The molecule has 196 valence electrons. The summed E-state index contributed by atoms with van der Waals surface area (Å²) < 4.78 is 0. The second-order valence-corrected chi connectivity index (χ2v) is 11.0. The molecule has 2 amide bonds. The molecule has 0 heterocycles. The van der Waals surface area contributed by atoms with Gasteiger partial charge in [-0.3, -0.25) is 9.59 Å². The highest BCUT2D eigenvalue weighted by atomic mass is 35.5. The lowest BCUT2D eigenvalue weighted by Gasteiger charge is -2.31. The number of hydrogen-bond acceptors (Lipinski definition) is 3. The fourth-order valence-electron chi connectivity index (χ4n) is 3.82. The minimum atomic E-state index is -0.645. The van der Waals surface area contributed by atoms with Crippen molar-refractivity contribution in [3.05, 3.63) is 105 Å². The second-order valence-electron chi connectivity index (χ2n) is 8.74. The number of rotatable bonds is 13. The van der Waals surface area contributed by atoms with E-state index in [4.69, 9.17) is 34.8 Å². The Balaban J connectivity index is 1.82. The molecule has 0 saturated carbocycles. The zero-order chi connectivity index (χ0) is 26.6. The number of halogens is 3. The zero-order valence-corrected chi connectivity index (χ0v) is 23.8. The van der Waals surface area contributed by atoms with Crippen molar-refractivity contribution in [3.63, 3.8) is 0 Å². The predicted molar refractivity (Wildman–Crippen MR) is 156 cm³/mol. The van der Waals surface area contributed by atoms with Gasteiger partial charge in [-0.2, -0.15) is 0 Å². The Kier molecular flexibility index (Phi) is 12.1. The first-order chi connectivity index (χ1) is 17.9. The number of carbonyl (C=O) groups is 2. The van der Waals surface area contributed by atoms with Gasteiger partial charge in [0.1, 0.15) is 6.04 Å². The largest absolute Gasteiger partial charge is 0.354 e. The zero-order valence-electron chi connectivity index (χ0n) is 20.8. The number of benzene rings is 3. The molecule has 0 radical (unpaired) electrons. The van der Waals surface area contributed by atoms with E-state index in [-0.39, 0.29) is 17.6 Å². The molecular formula is C29H31Cl3N2O2S. The van der Waals surface area contributed by atoms with E-state index in [1.165, 1.54) is 11.8 Å². The Hall–Kier alpha value is -2.18. The summed E-state index contributed by atoms with van der Waals surface area (Å²) in [7, 11) is 0. The molecule has 0 bridgehead atoms. The summed E-state index contributed by atoms with van der Waals surface area (Å²) in [5.41, 5.74) is 2.89. The number of nitrogens with one attached hydrogen (secondary N) is 1. The third-order valence-corrected chi connectivity index (χ3v) is 7.82. The van der Waals surface area contributed by atoms with E-state index in [1.807, 2.05) is 54.6 Å². The second kappa shape index (κ2) is 15.3. The highest BCUT2D eigenvalue weighted by Gasteiger charge is 2.30. The summed E-state index contributed by atoms with van der Waals surface area (Å²) in [4.78, 5) is 28.8. The van der Waals surface area contributed by atoms with Gasteiger partial charge in [0.15, 0.2) is 0 Å². The quantitative estimate of drug-likeness (QED) is 0.215. The molecular weight excluding hydrogens is 547 g/mol. The summed E-state index contributed by atoms with van der Waals surface area (Å²) in [6, 6.07) is 22.0. The SMILES string of the molecule is CCCCNC(=O)[C@@H](Cc1ccccc1)N(Cc1ccc(Cl)cc1)C(=O)CSCc1ccc(Cl)c(Cl)c1. The third-order valence-electron chi connectivity index (χ3n) is 5.85. The van der Waals surface area contributed by atoms with Gasteiger partial charge in [-0.15, -0.1) is 11.8 Å². The van der Waals surface area contributed by atoms with Crippen LogP contribution in [0.15, 0.2) is 72.8 Å². The van der Waals surface area contributed by atoms with E-state index in [0.717, 1.165) is 29.5 Å². The molecule has 0 aliphatic rings. The Morgan fingerprint density at radius 3 is 2.27 bits per heavy atom. The van der Waals surface area contributed by atoms with Crippen molar-refractivity contribution in [2.24, 2.45) is 0 Å². The highest BCUT2D eigenvalue weighted by Crippen LogP contribution is 2.25. The van der Waals surface area contributed by atoms with Crippen LogP contribution in [0.5, 0.6) is 0 Å². The molecule has 8 heteroatoms. The minimum absolute atomic E-state index is 0.105. The van der Waals surface area contributed by atoms with Crippen LogP contribution in [0.1, 0.15) is 36.5 Å². The summed E-state index contributed by atoms with van der Waals surface area (Å²) in [5.74, 6) is 0.575. The first-order valence-electron chi connectivity index (χ1n) is 12.2. The van der Waals surface area contributed by atoms with Crippen LogP contribution in [-0.2, 0) is 28.3 Å². The fraction of sp³-hybridized carbons (Fsp3) is 0.310. The maximum absolute atomic E-state index is 13.6. The van der Waals surface area contributed by atoms with Gasteiger partial charge in [0.2, 0.25) is 11.8 Å². The highest BCUT2D eigenvalue weighted by molar-refractivity contribution is 7.99. The van der Waals surface area contributed by atoms with E-state index in [9.17, 15) is 9.59 Å². The number of unbranched alkanes of at least 4 members (excludes halogenated alkanes) is 1. The van der Waals surface area contributed by atoms with Gasteiger partial charge in [0.25, 0.3) is 0 Å². The van der Waals surface area contributed by atoms with Crippen molar-refractivity contribution < 1.29 is 9.59 Å². The predicted octanol–water partition coefficient (Wildman–Crippen LogP) is 7.44. The Morgan fingerprint density at radius 1 is 0.892 bits per heavy atom. The molecule has 37 heavy (non-hydrogen) atoms. The number of thioether (sulfide) groups is 1. The van der Waals surface area contributed by atoms with Crippen LogP contribution in [0, 0.1) is 0 Å². The maximum Gasteiger partial charge on any atom is 0.243 e. The van der Waals surface area contributed by atoms with E-state index in [2.05, 4.69) is 12.2 Å². The molecule has 0 aliphatic carbocycles. The molecule has 0 aromatic heterocycles. The molecule has 0 spiro atoms. The van der Waals surface area contributed by atoms with Crippen LogP contribution < -0.4 is 5.32 Å². The average molecular weight is 578 g/mol.